The SMILES string of the molecule is CC(C)CC(=O)c1cc2ccc(N3CCCC3Nc3ccc4[nH]ncc4c3)cc2[nH]1. The number of carbonyl (C=O) groups is 1. The largest absolute Gasteiger partial charge is 0.365 e. The molecule has 1 unspecified atom stereocenters. The number of benzene rings is 2. The van der Waals surface area contributed by atoms with Gasteiger partial charge in [0.1, 0.15) is 0 Å². The molecule has 6 nitrogen and oxygen atoms in total. The maximum atomic E-state index is 12.4. The van der Waals surface area contributed by atoms with Crippen molar-refractivity contribution < 1.29 is 4.79 Å². The minimum absolute atomic E-state index is 0.179. The van der Waals surface area contributed by atoms with E-state index in [1.165, 1.54) is 5.69 Å². The zero-order chi connectivity index (χ0) is 20.7. The Morgan fingerprint density at radius 1 is 1.17 bits per heavy atom. The van der Waals surface area contributed by atoms with Crippen molar-refractivity contribution >= 4 is 39.0 Å². The van der Waals surface area contributed by atoms with E-state index in [0.717, 1.165) is 46.9 Å². The third-order valence-corrected chi connectivity index (χ3v) is 5.86. The normalized spacial score (nSPS) is 16.8. The van der Waals surface area contributed by atoms with Crippen LogP contribution in [-0.4, -0.2) is 33.7 Å². The zero-order valence-corrected chi connectivity index (χ0v) is 17.4. The number of aromatic amines is 2. The molecule has 0 amide bonds. The quantitative estimate of drug-likeness (QED) is 0.383. The van der Waals surface area contributed by atoms with Gasteiger partial charge in [-0.3, -0.25) is 9.89 Å². The predicted octanol–water partition coefficient (Wildman–Crippen LogP) is 5.31. The minimum Gasteiger partial charge on any atom is -0.365 e. The molecule has 0 aliphatic carbocycles. The minimum atomic E-state index is 0.179. The van der Waals surface area contributed by atoms with Crippen molar-refractivity contribution in [1.29, 1.82) is 0 Å². The third-order valence-electron chi connectivity index (χ3n) is 5.86. The zero-order valence-electron chi connectivity index (χ0n) is 17.4. The summed E-state index contributed by atoms with van der Waals surface area (Å²) in [5, 5.41) is 13.0. The van der Waals surface area contributed by atoms with E-state index in [4.69, 9.17) is 0 Å². The summed E-state index contributed by atoms with van der Waals surface area (Å²) in [6, 6.07) is 14.7. The average molecular weight is 402 g/mol. The summed E-state index contributed by atoms with van der Waals surface area (Å²) in [5.74, 6) is 0.537. The Balaban J connectivity index is 1.38. The number of carbonyl (C=O) groups excluding carboxylic acids is 1. The van der Waals surface area contributed by atoms with Crippen molar-refractivity contribution in [3.8, 4) is 0 Å². The van der Waals surface area contributed by atoms with Crippen LogP contribution >= 0.6 is 0 Å². The van der Waals surface area contributed by atoms with E-state index >= 15 is 0 Å². The summed E-state index contributed by atoms with van der Waals surface area (Å²) >= 11 is 0. The molecule has 0 radical (unpaired) electrons. The van der Waals surface area contributed by atoms with Gasteiger partial charge in [-0.1, -0.05) is 19.9 Å². The predicted molar refractivity (Wildman–Crippen MR) is 122 cm³/mol. The van der Waals surface area contributed by atoms with Gasteiger partial charge in [-0.15, -0.1) is 0 Å². The fourth-order valence-electron chi connectivity index (χ4n) is 4.38. The molecule has 1 atom stereocenters. The summed E-state index contributed by atoms with van der Waals surface area (Å²) in [5.41, 5.74) is 5.05. The average Bonchev–Trinajstić information content (AvgIpc) is 3.45. The topological polar surface area (TPSA) is 76.8 Å². The molecule has 3 heterocycles. The number of Topliss-reactive ketones (excluding diaryl/α,β-unsaturated/α-hetero) is 1. The van der Waals surface area contributed by atoms with Gasteiger partial charge in [0.15, 0.2) is 5.78 Å². The summed E-state index contributed by atoms with van der Waals surface area (Å²) in [7, 11) is 0. The van der Waals surface area contributed by atoms with Crippen molar-refractivity contribution in [2.24, 2.45) is 5.92 Å². The van der Waals surface area contributed by atoms with Crippen LogP contribution in [0.5, 0.6) is 0 Å². The number of nitrogens with zero attached hydrogens (tertiary/aromatic N) is 2. The number of ketones is 1. The first-order valence-electron chi connectivity index (χ1n) is 10.7. The number of anilines is 2. The van der Waals surface area contributed by atoms with Crippen molar-refractivity contribution in [3.63, 3.8) is 0 Å². The molecule has 0 bridgehead atoms. The number of H-pyrrole nitrogens is 2. The second-order valence-electron chi connectivity index (χ2n) is 8.64. The van der Waals surface area contributed by atoms with Gasteiger partial charge in [0, 0.05) is 40.6 Å². The molecule has 3 N–H and O–H groups in total. The van der Waals surface area contributed by atoms with Crippen molar-refractivity contribution in [2.45, 2.75) is 39.3 Å². The maximum Gasteiger partial charge on any atom is 0.179 e. The Labute approximate surface area is 175 Å². The highest BCUT2D eigenvalue weighted by molar-refractivity contribution is 6.00. The highest BCUT2D eigenvalue weighted by Crippen LogP contribution is 2.30. The maximum absolute atomic E-state index is 12.4. The molecule has 2 aromatic carbocycles. The van der Waals surface area contributed by atoms with Crippen LogP contribution in [0.3, 0.4) is 0 Å². The lowest BCUT2D eigenvalue weighted by atomic mass is 10.1. The van der Waals surface area contributed by atoms with Crippen LogP contribution in [0.2, 0.25) is 0 Å². The van der Waals surface area contributed by atoms with E-state index in [2.05, 4.69) is 75.6 Å². The summed E-state index contributed by atoms with van der Waals surface area (Å²) in [6.07, 6.45) is 4.89. The van der Waals surface area contributed by atoms with E-state index in [0.29, 0.717) is 18.0 Å². The van der Waals surface area contributed by atoms with Crippen LogP contribution < -0.4 is 10.2 Å². The van der Waals surface area contributed by atoms with Gasteiger partial charge >= 0.3 is 0 Å². The molecule has 5 rings (SSSR count). The molecule has 0 saturated carbocycles. The second-order valence-corrected chi connectivity index (χ2v) is 8.64. The van der Waals surface area contributed by atoms with E-state index < -0.39 is 0 Å². The van der Waals surface area contributed by atoms with E-state index in [9.17, 15) is 4.79 Å². The number of aromatic nitrogens is 3. The molecule has 0 spiro atoms. The smallest absolute Gasteiger partial charge is 0.179 e. The highest BCUT2D eigenvalue weighted by atomic mass is 16.1. The van der Waals surface area contributed by atoms with Crippen LogP contribution in [0.1, 0.15) is 43.6 Å². The summed E-state index contributed by atoms with van der Waals surface area (Å²) < 4.78 is 0. The van der Waals surface area contributed by atoms with Crippen LogP contribution in [0.25, 0.3) is 21.8 Å². The van der Waals surface area contributed by atoms with E-state index in [1.807, 2.05) is 12.3 Å². The van der Waals surface area contributed by atoms with Crippen LogP contribution in [0.4, 0.5) is 11.4 Å². The molecule has 1 saturated heterocycles. The molecule has 6 heteroatoms. The Morgan fingerprint density at radius 2 is 2.07 bits per heavy atom. The standard InChI is InChI=1S/C24H27N5O/c1-15(2)10-23(30)22-12-16-5-7-19(13-21(16)27-22)29-9-3-4-24(29)26-18-6-8-20-17(11-18)14-25-28-20/h5-8,11-15,24,26-27H,3-4,9-10H2,1-2H3,(H,25,28). The summed E-state index contributed by atoms with van der Waals surface area (Å²) in [6.45, 7) is 5.16. The first-order chi connectivity index (χ1) is 14.6. The lowest BCUT2D eigenvalue weighted by Crippen LogP contribution is -2.35. The lowest BCUT2D eigenvalue weighted by Gasteiger charge is -2.28. The molecule has 1 fully saturated rings. The van der Waals surface area contributed by atoms with Gasteiger partial charge in [0.05, 0.1) is 23.6 Å². The summed E-state index contributed by atoms with van der Waals surface area (Å²) in [4.78, 5) is 18.2. The number of hydrogen-bond acceptors (Lipinski definition) is 4. The molecule has 154 valence electrons. The molecular formula is C24H27N5O. The van der Waals surface area contributed by atoms with Gasteiger partial charge in [-0.05, 0) is 55.2 Å². The van der Waals surface area contributed by atoms with Crippen molar-refractivity contribution in [1.82, 2.24) is 15.2 Å². The highest BCUT2D eigenvalue weighted by Gasteiger charge is 2.25. The monoisotopic (exact) mass is 401 g/mol. The lowest BCUT2D eigenvalue weighted by molar-refractivity contribution is 0.0964. The number of hydrogen-bond donors (Lipinski definition) is 3. The second kappa shape index (κ2) is 7.52. The first-order valence-corrected chi connectivity index (χ1v) is 10.7. The van der Waals surface area contributed by atoms with Gasteiger partial charge < -0.3 is 15.2 Å². The van der Waals surface area contributed by atoms with E-state index in [-0.39, 0.29) is 11.9 Å². The van der Waals surface area contributed by atoms with Gasteiger partial charge in [-0.25, -0.2) is 0 Å². The van der Waals surface area contributed by atoms with Crippen molar-refractivity contribution in [2.75, 3.05) is 16.8 Å². The number of fused-ring (bicyclic) bond motifs is 2. The van der Waals surface area contributed by atoms with Gasteiger partial charge in [-0.2, -0.15) is 5.10 Å². The first kappa shape index (κ1) is 18.7. The Hall–Kier alpha value is -3.28. The Morgan fingerprint density at radius 3 is 2.93 bits per heavy atom. The molecule has 1 aliphatic heterocycles. The third kappa shape index (κ3) is 3.54. The molecule has 1 aliphatic rings. The number of rotatable bonds is 6. The van der Waals surface area contributed by atoms with Crippen LogP contribution in [-0.2, 0) is 0 Å². The molecule has 30 heavy (non-hydrogen) atoms. The molecular weight excluding hydrogens is 374 g/mol. The number of nitrogens with one attached hydrogen (secondary N) is 3. The Kier molecular flexibility index (Phi) is 4.69. The molecule has 4 aromatic rings. The fourth-order valence-corrected chi connectivity index (χ4v) is 4.38. The molecule has 2 aromatic heterocycles. The fraction of sp³-hybridized carbons (Fsp3) is 0.333. The van der Waals surface area contributed by atoms with Crippen molar-refractivity contribution in [3.05, 3.63) is 54.4 Å². The van der Waals surface area contributed by atoms with Gasteiger partial charge in [0.2, 0.25) is 0 Å². The van der Waals surface area contributed by atoms with Crippen LogP contribution in [0, 0.1) is 5.92 Å². The van der Waals surface area contributed by atoms with E-state index in [1.54, 1.807) is 0 Å². The van der Waals surface area contributed by atoms with Crippen LogP contribution in [0.15, 0.2) is 48.7 Å². The Bertz CT molecular complexity index is 1200. The van der Waals surface area contributed by atoms with Gasteiger partial charge in [0.25, 0.3) is 0 Å².